The third-order valence-electron chi connectivity index (χ3n) is 7.27. The number of hydrogen-bond donors (Lipinski definition) is 0. The van der Waals surface area contributed by atoms with Crippen LogP contribution in [0.25, 0.3) is 12.2 Å². The smallest absolute Gasteiger partial charge is 0.172 e. The Hall–Kier alpha value is -4.30. The van der Waals surface area contributed by atoms with Crippen LogP contribution in [-0.4, -0.2) is 11.6 Å². The molecule has 6 rings (SSSR count). The summed E-state index contributed by atoms with van der Waals surface area (Å²) in [6.07, 6.45) is 7.03. The Morgan fingerprint density at radius 3 is 1.15 bits per heavy atom. The number of allylic oxidation sites excluding steroid dienone is 2. The second-order valence-corrected chi connectivity index (χ2v) is 8.80. The van der Waals surface area contributed by atoms with Crippen molar-refractivity contribution in [2.75, 3.05) is 0 Å². The average Bonchev–Trinajstić information content (AvgIpc) is 2.90. The van der Waals surface area contributed by atoms with Gasteiger partial charge in [0.05, 0.1) is 0 Å². The molecule has 2 aliphatic rings. The first-order valence-corrected chi connectivity index (χ1v) is 11.5. The average molecular weight is 439 g/mol. The minimum atomic E-state index is -1.28. The monoisotopic (exact) mass is 438 g/mol. The van der Waals surface area contributed by atoms with Crippen molar-refractivity contribution in [1.82, 2.24) is 0 Å². The fraction of sp³-hybridized carbons (Fsp3) is 0.0625. The molecule has 0 fully saturated rings. The molecule has 0 bridgehead atoms. The fourth-order valence-corrected chi connectivity index (χ4v) is 5.99. The Bertz CT molecular complexity index is 1360. The summed E-state index contributed by atoms with van der Waals surface area (Å²) in [5.74, 6) is -0.195. The second kappa shape index (κ2) is 7.64. The molecule has 0 spiro atoms. The third kappa shape index (κ3) is 2.51. The van der Waals surface area contributed by atoms with Gasteiger partial charge in [-0.25, -0.2) is 0 Å². The van der Waals surface area contributed by atoms with Crippen LogP contribution in [0.5, 0.6) is 0 Å². The highest BCUT2D eigenvalue weighted by molar-refractivity contribution is 6.19. The van der Waals surface area contributed by atoms with E-state index in [-0.39, 0.29) is 11.6 Å². The van der Waals surface area contributed by atoms with E-state index in [1.807, 2.05) is 121 Å². The van der Waals surface area contributed by atoms with Crippen LogP contribution in [0.4, 0.5) is 0 Å². The first-order valence-electron chi connectivity index (χ1n) is 11.5. The van der Waals surface area contributed by atoms with Crippen LogP contribution < -0.4 is 0 Å². The summed E-state index contributed by atoms with van der Waals surface area (Å²) >= 11 is 0. The highest BCUT2D eigenvalue weighted by Crippen LogP contribution is 2.58. The number of ketones is 2. The van der Waals surface area contributed by atoms with Gasteiger partial charge in [-0.05, 0) is 45.5 Å². The SMILES string of the molecule is O=C1C=Cc2ccccc2C1(c1ccccc1)C1(c2ccccc2)C(=O)C=Cc2ccccc21. The molecule has 2 aliphatic carbocycles. The van der Waals surface area contributed by atoms with E-state index in [2.05, 4.69) is 0 Å². The second-order valence-electron chi connectivity index (χ2n) is 8.80. The molecule has 0 amide bonds. The Morgan fingerprint density at radius 1 is 0.382 bits per heavy atom. The summed E-state index contributed by atoms with van der Waals surface area (Å²) < 4.78 is 0. The summed E-state index contributed by atoms with van der Waals surface area (Å²) in [7, 11) is 0. The molecule has 34 heavy (non-hydrogen) atoms. The molecule has 0 aliphatic heterocycles. The lowest BCUT2D eigenvalue weighted by atomic mass is 9.46. The van der Waals surface area contributed by atoms with Crippen molar-refractivity contribution in [2.24, 2.45) is 0 Å². The van der Waals surface area contributed by atoms with E-state index in [4.69, 9.17) is 0 Å². The Morgan fingerprint density at radius 2 is 0.735 bits per heavy atom. The zero-order chi connectivity index (χ0) is 23.2. The summed E-state index contributed by atoms with van der Waals surface area (Å²) in [5, 5.41) is 0. The summed E-state index contributed by atoms with van der Waals surface area (Å²) in [4.78, 5) is 28.9. The van der Waals surface area contributed by atoms with Gasteiger partial charge < -0.3 is 0 Å². The van der Waals surface area contributed by atoms with Gasteiger partial charge in [0.2, 0.25) is 0 Å². The van der Waals surface area contributed by atoms with E-state index >= 15 is 0 Å². The number of hydrogen-bond acceptors (Lipinski definition) is 2. The van der Waals surface area contributed by atoms with Crippen LogP contribution in [-0.2, 0) is 20.4 Å². The lowest BCUT2D eigenvalue weighted by Crippen LogP contribution is -2.61. The van der Waals surface area contributed by atoms with Gasteiger partial charge in [-0.3, -0.25) is 9.59 Å². The number of benzene rings is 4. The van der Waals surface area contributed by atoms with E-state index in [1.54, 1.807) is 12.2 Å². The molecule has 2 unspecified atom stereocenters. The highest BCUT2D eigenvalue weighted by atomic mass is 16.1. The quantitative estimate of drug-likeness (QED) is 0.384. The number of fused-ring (bicyclic) bond motifs is 2. The Labute approximate surface area is 198 Å². The normalized spacial score (nSPS) is 22.8. The molecule has 0 N–H and O–H groups in total. The van der Waals surface area contributed by atoms with Crippen molar-refractivity contribution in [3.05, 3.63) is 155 Å². The van der Waals surface area contributed by atoms with Crippen LogP contribution >= 0.6 is 0 Å². The molecule has 0 saturated carbocycles. The number of rotatable bonds is 3. The first kappa shape index (κ1) is 20.3. The maximum atomic E-state index is 14.4. The van der Waals surface area contributed by atoms with Crippen molar-refractivity contribution >= 4 is 23.7 Å². The lowest BCUT2D eigenvalue weighted by molar-refractivity contribution is -0.128. The largest absolute Gasteiger partial charge is 0.293 e. The summed E-state index contributed by atoms with van der Waals surface area (Å²) in [5.41, 5.74) is 2.63. The van der Waals surface area contributed by atoms with Gasteiger partial charge >= 0.3 is 0 Å². The van der Waals surface area contributed by atoms with Gasteiger partial charge in [0.1, 0.15) is 10.8 Å². The van der Waals surface area contributed by atoms with Crippen molar-refractivity contribution in [2.45, 2.75) is 10.8 Å². The standard InChI is InChI=1S/C32H22O2/c33-29-21-19-23-11-7-9-17-27(23)31(29,25-13-3-1-4-14-25)32(26-15-5-2-6-16-26)28-18-10-8-12-24(28)20-22-30(32)34/h1-22H. The minimum Gasteiger partial charge on any atom is -0.293 e. The molecule has 2 heteroatoms. The Balaban J connectivity index is 1.89. The molecule has 0 saturated heterocycles. The lowest BCUT2D eigenvalue weighted by Gasteiger charge is -2.52. The zero-order valence-corrected chi connectivity index (χ0v) is 18.5. The Kier molecular flexibility index (Phi) is 4.56. The van der Waals surface area contributed by atoms with Gasteiger partial charge in [-0.1, -0.05) is 121 Å². The van der Waals surface area contributed by atoms with E-state index < -0.39 is 10.8 Å². The molecule has 4 aromatic rings. The molecule has 0 aromatic heterocycles. The zero-order valence-electron chi connectivity index (χ0n) is 18.5. The van der Waals surface area contributed by atoms with E-state index in [1.165, 1.54) is 0 Å². The molecule has 4 aromatic carbocycles. The van der Waals surface area contributed by atoms with Crippen molar-refractivity contribution in [3.8, 4) is 0 Å². The molecule has 162 valence electrons. The minimum absolute atomic E-state index is 0.0975. The fourth-order valence-electron chi connectivity index (χ4n) is 5.99. The van der Waals surface area contributed by atoms with E-state index in [0.29, 0.717) is 0 Å². The molecule has 2 nitrogen and oxygen atoms in total. The number of carbonyl (C=O) groups excluding carboxylic acids is 2. The summed E-state index contributed by atoms with van der Waals surface area (Å²) in [6, 6.07) is 35.5. The maximum absolute atomic E-state index is 14.4. The molecule has 0 heterocycles. The van der Waals surface area contributed by atoms with Crippen molar-refractivity contribution in [3.63, 3.8) is 0 Å². The van der Waals surface area contributed by atoms with Crippen LogP contribution in [0.15, 0.2) is 121 Å². The van der Waals surface area contributed by atoms with Gasteiger partial charge in [-0.2, -0.15) is 0 Å². The predicted molar refractivity (Wildman–Crippen MR) is 135 cm³/mol. The first-order chi connectivity index (χ1) is 16.7. The molecule has 2 atom stereocenters. The van der Waals surface area contributed by atoms with Gasteiger partial charge in [0.25, 0.3) is 0 Å². The molecule has 0 radical (unpaired) electrons. The topological polar surface area (TPSA) is 34.1 Å². The van der Waals surface area contributed by atoms with Crippen molar-refractivity contribution in [1.29, 1.82) is 0 Å². The molecular formula is C32H22O2. The maximum Gasteiger partial charge on any atom is 0.172 e. The molecular weight excluding hydrogens is 416 g/mol. The van der Waals surface area contributed by atoms with Gasteiger partial charge in [0.15, 0.2) is 11.6 Å². The number of carbonyl (C=O) groups is 2. The van der Waals surface area contributed by atoms with Gasteiger partial charge in [0, 0.05) is 0 Å². The summed E-state index contributed by atoms with van der Waals surface area (Å²) in [6.45, 7) is 0. The van der Waals surface area contributed by atoms with Crippen molar-refractivity contribution < 1.29 is 9.59 Å². The van der Waals surface area contributed by atoms with E-state index in [9.17, 15) is 9.59 Å². The van der Waals surface area contributed by atoms with Crippen LogP contribution in [0.1, 0.15) is 33.4 Å². The van der Waals surface area contributed by atoms with Crippen LogP contribution in [0, 0.1) is 0 Å². The highest BCUT2D eigenvalue weighted by Gasteiger charge is 2.64. The van der Waals surface area contributed by atoms with Gasteiger partial charge in [-0.15, -0.1) is 0 Å². The predicted octanol–water partition coefficient (Wildman–Crippen LogP) is 6.15. The van der Waals surface area contributed by atoms with Crippen LogP contribution in [0.2, 0.25) is 0 Å². The van der Waals surface area contributed by atoms with E-state index in [0.717, 1.165) is 33.4 Å². The van der Waals surface area contributed by atoms with Crippen LogP contribution in [0.3, 0.4) is 0 Å². The third-order valence-corrected chi connectivity index (χ3v) is 7.27.